The van der Waals surface area contributed by atoms with Crippen LogP contribution in [-0.2, 0) is 20.9 Å². The van der Waals surface area contributed by atoms with Crippen LogP contribution in [0, 0.1) is 12.3 Å². The van der Waals surface area contributed by atoms with Gasteiger partial charge in [-0.05, 0) is 42.9 Å². The first-order valence-electron chi connectivity index (χ1n) is 20.8. The zero-order chi connectivity index (χ0) is 38.5. The quantitative estimate of drug-likeness (QED) is 0.0711. The van der Waals surface area contributed by atoms with Gasteiger partial charge in [0.25, 0.3) is 0 Å². The number of β-amino-alcohol motifs (C(OH)–C–C–N with tert-alkyl or cyclic N) is 1. The molecule has 1 aromatic heterocycles. The molecule has 3 rings (SSSR count). The molecule has 1 aromatic carbocycles. The Hall–Kier alpha value is -2.82. The van der Waals surface area contributed by atoms with Crippen molar-refractivity contribution in [2.45, 2.75) is 181 Å². The molecule has 0 radical (unpaired) electrons. The summed E-state index contributed by atoms with van der Waals surface area (Å²) in [6, 6.07) is 6.41. The number of hydrogen-bond acceptors (Lipinski definition) is 7. The summed E-state index contributed by atoms with van der Waals surface area (Å²) in [5.74, 6) is -0.766. The van der Waals surface area contributed by atoms with Crippen molar-refractivity contribution in [3.63, 3.8) is 0 Å². The van der Waals surface area contributed by atoms with E-state index in [0.29, 0.717) is 13.0 Å². The highest BCUT2D eigenvalue weighted by Gasteiger charge is 2.44. The first kappa shape index (κ1) is 44.6. The molecule has 0 saturated carbocycles. The maximum Gasteiger partial charge on any atom is 0.246 e. The number of hydrogen-bond donors (Lipinski definition) is 4. The molecule has 53 heavy (non-hydrogen) atoms. The number of thiazole rings is 1. The Morgan fingerprint density at radius 3 is 1.83 bits per heavy atom. The molecule has 2 heterocycles. The maximum absolute atomic E-state index is 13.9. The van der Waals surface area contributed by atoms with Gasteiger partial charge in [-0.2, -0.15) is 0 Å². The lowest BCUT2D eigenvalue weighted by Crippen LogP contribution is -2.57. The van der Waals surface area contributed by atoms with Crippen LogP contribution >= 0.6 is 11.3 Å². The van der Waals surface area contributed by atoms with Gasteiger partial charge in [0, 0.05) is 25.9 Å². The summed E-state index contributed by atoms with van der Waals surface area (Å²) >= 11 is 1.60. The summed E-state index contributed by atoms with van der Waals surface area (Å²) in [7, 11) is 0. The summed E-state index contributed by atoms with van der Waals surface area (Å²) in [6.45, 7) is 8.96. The van der Waals surface area contributed by atoms with Crippen LogP contribution in [0.15, 0.2) is 29.8 Å². The largest absolute Gasteiger partial charge is 0.391 e. The van der Waals surface area contributed by atoms with Crippen molar-refractivity contribution in [2.24, 2.45) is 11.1 Å². The highest BCUT2D eigenvalue weighted by molar-refractivity contribution is 7.13. The van der Waals surface area contributed by atoms with Crippen molar-refractivity contribution in [1.29, 1.82) is 0 Å². The molecule has 5 N–H and O–H groups in total. The van der Waals surface area contributed by atoms with Gasteiger partial charge >= 0.3 is 0 Å². The lowest BCUT2D eigenvalue weighted by molar-refractivity contribution is -0.144. The van der Waals surface area contributed by atoms with E-state index in [9.17, 15) is 19.5 Å². The van der Waals surface area contributed by atoms with Crippen LogP contribution in [0.2, 0.25) is 0 Å². The number of nitrogens with two attached hydrogens (primary N) is 1. The first-order valence-corrected chi connectivity index (χ1v) is 21.6. The van der Waals surface area contributed by atoms with E-state index >= 15 is 0 Å². The molecule has 0 bridgehead atoms. The minimum Gasteiger partial charge on any atom is -0.391 e. The second kappa shape index (κ2) is 24.6. The molecule has 298 valence electrons. The standard InChI is InChI=1S/C43H71N5O4S/c1-33-39(53-32-46-33)35-26-24-34(25-27-35)30-45-41(51)37-29-36(49)31-48(37)42(52)40(43(2,3)4)47-38(50)23-21-19-17-15-13-11-9-7-5-6-8-10-12-14-16-18-20-22-28-44/h24-27,32,36-37,40,49H,5-23,28-31,44H2,1-4H3,(H,45,51)(H,47,50). The van der Waals surface area contributed by atoms with Gasteiger partial charge in [-0.15, -0.1) is 11.3 Å². The van der Waals surface area contributed by atoms with Crippen molar-refractivity contribution in [2.75, 3.05) is 13.1 Å². The van der Waals surface area contributed by atoms with Crippen molar-refractivity contribution >= 4 is 29.1 Å². The fourth-order valence-electron chi connectivity index (χ4n) is 7.27. The van der Waals surface area contributed by atoms with Crippen LogP contribution in [0.1, 0.15) is 160 Å². The normalized spacial score (nSPS) is 16.5. The number of nitrogens with zero attached hydrogens (tertiary/aromatic N) is 2. The number of carbonyl (C=O) groups excluding carboxylic acids is 3. The predicted octanol–water partition coefficient (Wildman–Crippen LogP) is 8.60. The van der Waals surface area contributed by atoms with Crippen LogP contribution < -0.4 is 16.4 Å². The van der Waals surface area contributed by atoms with Crippen molar-refractivity contribution in [1.82, 2.24) is 20.5 Å². The average Bonchev–Trinajstić information content (AvgIpc) is 3.75. The monoisotopic (exact) mass is 754 g/mol. The van der Waals surface area contributed by atoms with Crippen LogP contribution in [0.4, 0.5) is 0 Å². The van der Waals surface area contributed by atoms with Gasteiger partial charge in [0.05, 0.1) is 22.2 Å². The van der Waals surface area contributed by atoms with Gasteiger partial charge in [-0.25, -0.2) is 4.98 Å². The average molecular weight is 754 g/mol. The molecule has 1 saturated heterocycles. The minimum atomic E-state index is -0.797. The Labute approximate surface area is 324 Å². The number of unbranched alkanes of at least 4 members (excludes halogenated alkanes) is 17. The van der Waals surface area contributed by atoms with E-state index in [1.807, 2.05) is 57.5 Å². The van der Waals surface area contributed by atoms with Crippen molar-refractivity contribution in [3.8, 4) is 10.4 Å². The molecule has 0 spiro atoms. The molecular weight excluding hydrogens is 683 g/mol. The smallest absolute Gasteiger partial charge is 0.246 e. The molecule has 1 aliphatic rings. The fraction of sp³-hybridized carbons (Fsp3) is 0.721. The Kier molecular flexibility index (Phi) is 20.7. The van der Waals surface area contributed by atoms with Gasteiger partial charge in [0.1, 0.15) is 12.1 Å². The number of aryl methyl sites for hydroxylation is 1. The van der Waals surface area contributed by atoms with Crippen molar-refractivity contribution < 1.29 is 19.5 Å². The fourth-order valence-corrected chi connectivity index (χ4v) is 8.08. The molecular formula is C43H71N5O4S. The molecule has 1 fully saturated rings. The molecule has 10 heteroatoms. The van der Waals surface area contributed by atoms with Crippen LogP contribution in [0.25, 0.3) is 10.4 Å². The minimum absolute atomic E-state index is 0.0683. The van der Waals surface area contributed by atoms with E-state index in [1.165, 1.54) is 101 Å². The lowest BCUT2D eigenvalue weighted by Gasteiger charge is -2.35. The molecule has 2 aromatic rings. The summed E-state index contributed by atoms with van der Waals surface area (Å²) in [6.07, 6.45) is 22.5. The molecule has 3 amide bonds. The van der Waals surface area contributed by atoms with Crippen molar-refractivity contribution in [3.05, 3.63) is 41.0 Å². The number of aliphatic hydroxyl groups is 1. The highest BCUT2D eigenvalue weighted by Crippen LogP contribution is 2.28. The van der Waals surface area contributed by atoms with Gasteiger partial charge in [-0.3, -0.25) is 14.4 Å². The van der Waals surface area contributed by atoms with E-state index in [1.54, 1.807) is 11.3 Å². The second-order valence-corrected chi connectivity index (χ2v) is 17.2. The molecule has 3 unspecified atom stereocenters. The first-order chi connectivity index (χ1) is 25.5. The number of amides is 3. The number of aliphatic hydroxyl groups excluding tert-OH is 1. The van der Waals surface area contributed by atoms with E-state index in [-0.39, 0.29) is 30.7 Å². The number of carbonyl (C=O) groups is 3. The van der Waals surface area contributed by atoms with Crippen LogP contribution in [0.3, 0.4) is 0 Å². The third-order valence-corrected chi connectivity index (χ3v) is 11.5. The number of rotatable bonds is 26. The number of benzene rings is 1. The van der Waals surface area contributed by atoms with Crippen LogP contribution in [-0.4, -0.2) is 64.0 Å². The molecule has 1 aliphatic heterocycles. The SMILES string of the molecule is Cc1ncsc1-c1ccc(CNC(=O)C2CC(O)CN2C(=O)C(NC(=O)CCCCCCCCCCCCCCCCCCCCN)C(C)(C)C)cc1. The summed E-state index contributed by atoms with van der Waals surface area (Å²) in [5, 5.41) is 16.5. The summed E-state index contributed by atoms with van der Waals surface area (Å²) in [5.41, 5.74) is 9.83. The van der Waals surface area contributed by atoms with Gasteiger partial charge in [0.2, 0.25) is 17.7 Å². The van der Waals surface area contributed by atoms with E-state index in [2.05, 4.69) is 15.6 Å². The van der Waals surface area contributed by atoms with E-state index in [4.69, 9.17) is 5.73 Å². The second-order valence-electron chi connectivity index (χ2n) is 16.3. The van der Waals surface area contributed by atoms with Gasteiger partial charge in [-0.1, -0.05) is 148 Å². The van der Waals surface area contributed by atoms with E-state index in [0.717, 1.165) is 47.5 Å². The number of nitrogens with one attached hydrogen (secondary N) is 2. The summed E-state index contributed by atoms with van der Waals surface area (Å²) in [4.78, 5) is 47.2. The number of likely N-dealkylation sites (tertiary alicyclic amines) is 1. The topological polar surface area (TPSA) is 138 Å². The Morgan fingerprint density at radius 2 is 1.36 bits per heavy atom. The zero-order valence-electron chi connectivity index (χ0n) is 33.4. The molecule has 9 nitrogen and oxygen atoms in total. The molecule has 0 aliphatic carbocycles. The van der Waals surface area contributed by atoms with E-state index < -0.39 is 23.6 Å². The molecule has 3 atom stereocenters. The Bertz CT molecular complexity index is 1340. The van der Waals surface area contributed by atoms with Gasteiger partial charge in [0.15, 0.2) is 0 Å². The highest BCUT2D eigenvalue weighted by atomic mass is 32.1. The zero-order valence-corrected chi connectivity index (χ0v) is 34.3. The maximum atomic E-state index is 13.9. The lowest BCUT2D eigenvalue weighted by atomic mass is 9.85. The third-order valence-electron chi connectivity index (χ3n) is 10.6. The third kappa shape index (κ3) is 16.6. The predicted molar refractivity (Wildman–Crippen MR) is 218 cm³/mol. The Balaban J connectivity index is 1.30. The number of aromatic nitrogens is 1. The Morgan fingerprint density at radius 1 is 0.849 bits per heavy atom. The summed E-state index contributed by atoms with van der Waals surface area (Å²) < 4.78 is 0. The van der Waals surface area contributed by atoms with Crippen LogP contribution in [0.5, 0.6) is 0 Å². The van der Waals surface area contributed by atoms with Gasteiger partial charge < -0.3 is 26.4 Å².